The van der Waals surface area contributed by atoms with E-state index in [0.717, 1.165) is 12.8 Å². The number of halogens is 2. The van der Waals surface area contributed by atoms with Crippen LogP contribution in [-0.2, 0) is 0 Å². The van der Waals surface area contributed by atoms with Gasteiger partial charge in [0.2, 0.25) is 0 Å². The van der Waals surface area contributed by atoms with Gasteiger partial charge >= 0.3 is 0 Å². The molecule has 0 heterocycles. The van der Waals surface area contributed by atoms with Crippen LogP contribution in [0.5, 0.6) is 0 Å². The first-order valence-corrected chi connectivity index (χ1v) is 6.93. The Hall–Kier alpha value is -0.450. The molecular formula is C13H18BrFN2. The molecule has 17 heavy (non-hydrogen) atoms. The zero-order chi connectivity index (χ0) is 12.3. The zero-order valence-corrected chi connectivity index (χ0v) is 11.3. The summed E-state index contributed by atoms with van der Waals surface area (Å²) < 4.78 is 14.6. The minimum absolute atomic E-state index is 0.0761. The summed E-state index contributed by atoms with van der Waals surface area (Å²) in [5.41, 5.74) is 3.47. The van der Waals surface area contributed by atoms with Gasteiger partial charge in [-0.05, 0) is 40.8 Å². The number of nitrogens with two attached hydrogens (primary N) is 1. The summed E-state index contributed by atoms with van der Waals surface area (Å²) in [6.07, 6.45) is 5.98. The van der Waals surface area contributed by atoms with Gasteiger partial charge in [-0.3, -0.25) is 11.3 Å². The Labute approximate surface area is 110 Å². The molecule has 1 fully saturated rings. The number of hydrogen-bond donors (Lipinski definition) is 2. The lowest BCUT2D eigenvalue weighted by molar-refractivity contribution is 0.268. The largest absolute Gasteiger partial charge is 0.271 e. The highest BCUT2D eigenvalue weighted by Crippen LogP contribution is 2.36. The van der Waals surface area contributed by atoms with Gasteiger partial charge in [0, 0.05) is 5.56 Å². The Morgan fingerprint density at radius 3 is 2.65 bits per heavy atom. The van der Waals surface area contributed by atoms with E-state index < -0.39 is 0 Å². The molecule has 2 rings (SSSR count). The van der Waals surface area contributed by atoms with Crippen molar-refractivity contribution >= 4 is 15.9 Å². The summed E-state index contributed by atoms with van der Waals surface area (Å²) in [4.78, 5) is 0. The summed E-state index contributed by atoms with van der Waals surface area (Å²) >= 11 is 3.22. The van der Waals surface area contributed by atoms with E-state index in [1.54, 1.807) is 6.07 Å². The van der Waals surface area contributed by atoms with Crippen LogP contribution in [0.15, 0.2) is 22.7 Å². The Kier molecular flexibility index (Phi) is 4.54. The van der Waals surface area contributed by atoms with Crippen LogP contribution >= 0.6 is 15.9 Å². The van der Waals surface area contributed by atoms with Crippen LogP contribution in [0.4, 0.5) is 4.39 Å². The molecule has 3 N–H and O–H groups in total. The van der Waals surface area contributed by atoms with Gasteiger partial charge in [-0.25, -0.2) is 4.39 Å². The van der Waals surface area contributed by atoms with E-state index in [4.69, 9.17) is 5.84 Å². The molecule has 1 atom stereocenters. The van der Waals surface area contributed by atoms with Gasteiger partial charge in [-0.15, -0.1) is 0 Å². The summed E-state index contributed by atoms with van der Waals surface area (Å²) in [5, 5.41) is 0. The van der Waals surface area contributed by atoms with Crippen molar-refractivity contribution in [2.45, 2.75) is 38.1 Å². The molecule has 0 radical (unpaired) electrons. The van der Waals surface area contributed by atoms with Gasteiger partial charge < -0.3 is 0 Å². The quantitative estimate of drug-likeness (QED) is 0.660. The number of rotatable bonds is 3. The molecule has 2 nitrogen and oxygen atoms in total. The third kappa shape index (κ3) is 2.87. The molecule has 0 bridgehead atoms. The Morgan fingerprint density at radius 2 is 2.00 bits per heavy atom. The average molecular weight is 301 g/mol. The highest BCUT2D eigenvalue weighted by Gasteiger charge is 2.26. The normalized spacial score (nSPS) is 19.2. The van der Waals surface area contributed by atoms with Crippen molar-refractivity contribution < 1.29 is 4.39 Å². The SMILES string of the molecule is NNC(c1cccc(Br)c1F)C1CCCCC1. The molecule has 0 aliphatic heterocycles. The molecule has 1 unspecified atom stereocenters. The van der Waals surface area contributed by atoms with E-state index in [1.807, 2.05) is 12.1 Å². The van der Waals surface area contributed by atoms with Crippen LogP contribution in [0.3, 0.4) is 0 Å². The van der Waals surface area contributed by atoms with Gasteiger partial charge in [-0.2, -0.15) is 0 Å². The Bertz CT molecular complexity index is 378. The molecule has 0 amide bonds. The van der Waals surface area contributed by atoms with Crippen molar-refractivity contribution in [2.24, 2.45) is 11.8 Å². The lowest BCUT2D eigenvalue weighted by Crippen LogP contribution is -2.35. The summed E-state index contributed by atoms with van der Waals surface area (Å²) in [5.74, 6) is 5.87. The average Bonchev–Trinajstić information content (AvgIpc) is 2.37. The molecule has 1 aliphatic carbocycles. The van der Waals surface area contributed by atoms with E-state index in [0.29, 0.717) is 16.0 Å². The second-order valence-corrected chi connectivity index (χ2v) is 5.54. The second-order valence-electron chi connectivity index (χ2n) is 4.69. The molecule has 0 aromatic heterocycles. The van der Waals surface area contributed by atoms with Crippen molar-refractivity contribution in [1.29, 1.82) is 0 Å². The summed E-state index contributed by atoms with van der Waals surface area (Å²) in [7, 11) is 0. The van der Waals surface area contributed by atoms with Crippen molar-refractivity contribution in [2.75, 3.05) is 0 Å². The fourth-order valence-corrected chi connectivity index (χ4v) is 3.09. The number of nitrogens with one attached hydrogen (secondary N) is 1. The Balaban J connectivity index is 2.24. The van der Waals surface area contributed by atoms with Gasteiger partial charge in [0.1, 0.15) is 5.82 Å². The van der Waals surface area contributed by atoms with Crippen LogP contribution < -0.4 is 11.3 Å². The third-order valence-corrected chi connectivity index (χ3v) is 4.23. The molecule has 0 spiro atoms. The minimum atomic E-state index is -0.193. The first-order valence-electron chi connectivity index (χ1n) is 6.14. The number of benzene rings is 1. The lowest BCUT2D eigenvalue weighted by Gasteiger charge is -2.30. The van der Waals surface area contributed by atoms with Crippen LogP contribution in [0.2, 0.25) is 0 Å². The predicted molar refractivity (Wildman–Crippen MR) is 70.7 cm³/mol. The van der Waals surface area contributed by atoms with E-state index in [9.17, 15) is 4.39 Å². The van der Waals surface area contributed by atoms with Crippen LogP contribution in [0.1, 0.15) is 43.7 Å². The van der Waals surface area contributed by atoms with Crippen molar-refractivity contribution in [3.8, 4) is 0 Å². The van der Waals surface area contributed by atoms with Gasteiger partial charge in [0.15, 0.2) is 0 Å². The van der Waals surface area contributed by atoms with Crippen molar-refractivity contribution in [1.82, 2.24) is 5.43 Å². The maximum Gasteiger partial charge on any atom is 0.142 e. The molecule has 1 saturated carbocycles. The lowest BCUT2D eigenvalue weighted by atomic mass is 9.81. The van der Waals surface area contributed by atoms with Gasteiger partial charge in [0.05, 0.1) is 10.5 Å². The summed E-state index contributed by atoms with van der Waals surface area (Å²) in [6.45, 7) is 0. The van der Waals surface area contributed by atoms with Crippen molar-refractivity contribution in [3.05, 3.63) is 34.1 Å². The summed E-state index contributed by atoms with van der Waals surface area (Å²) in [6, 6.07) is 5.31. The molecule has 1 aromatic carbocycles. The fraction of sp³-hybridized carbons (Fsp3) is 0.538. The highest BCUT2D eigenvalue weighted by atomic mass is 79.9. The van der Waals surface area contributed by atoms with Crippen LogP contribution in [-0.4, -0.2) is 0 Å². The molecule has 1 aromatic rings. The predicted octanol–water partition coefficient (Wildman–Crippen LogP) is 3.67. The molecule has 4 heteroatoms. The highest BCUT2D eigenvalue weighted by molar-refractivity contribution is 9.10. The maximum absolute atomic E-state index is 14.1. The van der Waals surface area contributed by atoms with Crippen molar-refractivity contribution in [3.63, 3.8) is 0 Å². The minimum Gasteiger partial charge on any atom is -0.271 e. The van der Waals surface area contributed by atoms with Gasteiger partial charge in [0.25, 0.3) is 0 Å². The molecule has 1 aliphatic rings. The standard InChI is InChI=1S/C13H18BrFN2/c14-11-8-4-7-10(12(11)15)13(17-16)9-5-2-1-3-6-9/h4,7-9,13,17H,1-3,5-6,16H2. The number of hydrazine groups is 1. The number of hydrogen-bond acceptors (Lipinski definition) is 2. The van der Waals surface area contributed by atoms with Crippen LogP contribution in [0, 0.1) is 11.7 Å². The molecule has 0 saturated heterocycles. The first-order chi connectivity index (χ1) is 8.24. The van der Waals surface area contributed by atoms with E-state index in [1.165, 1.54) is 19.3 Å². The monoisotopic (exact) mass is 300 g/mol. The second kappa shape index (κ2) is 5.94. The first kappa shape index (κ1) is 13.0. The van der Waals surface area contributed by atoms with E-state index in [2.05, 4.69) is 21.4 Å². The maximum atomic E-state index is 14.1. The third-order valence-electron chi connectivity index (χ3n) is 3.62. The zero-order valence-electron chi connectivity index (χ0n) is 9.76. The van der Waals surface area contributed by atoms with Crippen LogP contribution in [0.25, 0.3) is 0 Å². The van der Waals surface area contributed by atoms with E-state index in [-0.39, 0.29) is 11.9 Å². The fourth-order valence-electron chi connectivity index (χ4n) is 2.71. The topological polar surface area (TPSA) is 38.0 Å². The van der Waals surface area contributed by atoms with Gasteiger partial charge in [-0.1, -0.05) is 31.4 Å². The molecule has 94 valence electrons. The Morgan fingerprint density at radius 1 is 1.29 bits per heavy atom. The van der Waals surface area contributed by atoms with E-state index >= 15 is 0 Å². The smallest absolute Gasteiger partial charge is 0.142 e. The molecular weight excluding hydrogens is 283 g/mol.